The van der Waals surface area contributed by atoms with Crippen LogP contribution in [-0.4, -0.2) is 34.9 Å². The molecule has 2 aromatic rings. The molecule has 2 aliphatic rings. The van der Waals surface area contributed by atoms with Crippen LogP contribution < -0.4 is 0 Å². The van der Waals surface area contributed by atoms with Crippen LogP contribution in [0.25, 0.3) is 0 Å². The van der Waals surface area contributed by atoms with Gasteiger partial charge in [0.25, 0.3) is 0 Å². The van der Waals surface area contributed by atoms with Crippen molar-refractivity contribution in [1.29, 1.82) is 0 Å². The van der Waals surface area contributed by atoms with E-state index >= 15 is 0 Å². The second-order valence-corrected chi connectivity index (χ2v) is 8.54. The van der Waals surface area contributed by atoms with Crippen LogP contribution in [-0.2, 0) is 17.8 Å². The maximum Gasteiger partial charge on any atom is 0.0801 e. The Hall–Kier alpha value is -1.68. The summed E-state index contributed by atoms with van der Waals surface area (Å²) in [6, 6.07) is 22.2. The number of aliphatic hydroxyl groups is 1. The minimum absolute atomic E-state index is 0.245. The molecule has 0 spiro atoms. The van der Waals surface area contributed by atoms with Gasteiger partial charge < -0.3 is 9.84 Å². The molecule has 2 fully saturated rings. The molecular formula is C25H33NO2. The fourth-order valence-corrected chi connectivity index (χ4v) is 4.38. The predicted molar refractivity (Wildman–Crippen MR) is 113 cm³/mol. The summed E-state index contributed by atoms with van der Waals surface area (Å²) in [5.74, 6) is 0.503. The van der Waals surface area contributed by atoms with Crippen molar-refractivity contribution in [3.05, 3.63) is 71.8 Å². The highest BCUT2D eigenvalue weighted by Gasteiger charge is 2.31. The zero-order chi connectivity index (χ0) is 19.2. The van der Waals surface area contributed by atoms with Gasteiger partial charge in [0, 0.05) is 19.1 Å². The van der Waals surface area contributed by atoms with Crippen molar-refractivity contribution in [2.75, 3.05) is 6.61 Å². The van der Waals surface area contributed by atoms with Crippen molar-refractivity contribution >= 4 is 0 Å². The first-order valence-corrected chi connectivity index (χ1v) is 10.9. The van der Waals surface area contributed by atoms with Gasteiger partial charge >= 0.3 is 0 Å². The van der Waals surface area contributed by atoms with Crippen molar-refractivity contribution in [2.45, 2.75) is 69.9 Å². The zero-order valence-corrected chi connectivity index (χ0v) is 16.7. The molecule has 3 heteroatoms. The van der Waals surface area contributed by atoms with E-state index in [0.717, 1.165) is 25.9 Å². The zero-order valence-electron chi connectivity index (χ0n) is 16.7. The summed E-state index contributed by atoms with van der Waals surface area (Å²) >= 11 is 0. The molecule has 2 saturated carbocycles. The van der Waals surface area contributed by atoms with Crippen LogP contribution in [0.5, 0.6) is 0 Å². The smallest absolute Gasteiger partial charge is 0.0801 e. The molecule has 2 aromatic carbocycles. The molecule has 3 nitrogen and oxygen atoms in total. The quantitative estimate of drug-likeness (QED) is 0.680. The Bertz CT molecular complexity index is 652. The Balaban J connectivity index is 1.33. The van der Waals surface area contributed by atoms with Crippen LogP contribution in [0.3, 0.4) is 0 Å². The number of hydrogen-bond acceptors (Lipinski definition) is 3. The van der Waals surface area contributed by atoms with Crippen LogP contribution >= 0.6 is 0 Å². The fraction of sp³-hybridized carbons (Fsp3) is 0.520. The molecule has 2 aliphatic carbocycles. The first-order chi connectivity index (χ1) is 13.8. The molecule has 0 radical (unpaired) electrons. The van der Waals surface area contributed by atoms with Crippen molar-refractivity contribution in [1.82, 2.24) is 4.90 Å². The molecule has 0 amide bonds. The third-order valence-electron chi connectivity index (χ3n) is 6.29. The van der Waals surface area contributed by atoms with Crippen LogP contribution in [0.15, 0.2) is 60.7 Å². The summed E-state index contributed by atoms with van der Waals surface area (Å²) in [6.07, 6.45) is 6.96. The van der Waals surface area contributed by atoms with Gasteiger partial charge in [-0.3, -0.25) is 4.90 Å². The Labute approximate surface area is 169 Å². The molecule has 0 heterocycles. The summed E-state index contributed by atoms with van der Waals surface area (Å²) in [5.41, 5.74) is 2.76. The first-order valence-electron chi connectivity index (χ1n) is 10.9. The SMILES string of the molecule is OC(COC1CCC(N(Cc2ccccc2)Cc2ccccc2)CC1)C1CC1. The van der Waals surface area contributed by atoms with Gasteiger partial charge in [-0.2, -0.15) is 0 Å². The van der Waals surface area contributed by atoms with Crippen LogP contribution in [0.4, 0.5) is 0 Å². The number of nitrogens with zero attached hydrogens (tertiary/aromatic N) is 1. The molecule has 0 bridgehead atoms. The number of benzene rings is 2. The van der Waals surface area contributed by atoms with Crippen molar-refractivity contribution in [2.24, 2.45) is 5.92 Å². The van der Waals surface area contributed by atoms with Crippen molar-refractivity contribution in [3.63, 3.8) is 0 Å². The van der Waals surface area contributed by atoms with Crippen LogP contribution in [0.1, 0.15) is 49.7 Å². The number of ether oxygens (including phenoxy) is 1. The molecule has 0 saturated heterocycles. The first kappa shape index (κ1) is 19.6. The summed E-state index contributed by atoms with van der Waals surface area (Å²) in [4.78, 5) is 2.64. The maximum absolute atomic E-state index is 10.1. The van der Waals surface area contributed by atoms with E-state index in [2.05, 4.69) is 65.6 Å². The van der Waals surface area contributed by atoms with E-state index in [-0.39, 0.29) is 6.10 Å². The number of aliphatic hydroxyl groups excluding tert-OH is 1. The van der Waals surface area contributed by atoms with E-state index < -0.39 is 0 Å². The molecule has 28 heavy (non-hydrogen) atoms. The Kier molecular flexibility index (Phi) is 6.79. The Morgan fingerprint density at radius 1 is 0.786 bits per heavy atom. The Morgan fingerprint density at radius 2 is 1.32 bits per heavy atom. The molecule has 150 valence electrons. The van der Waals surface area contributed by atoms with Gasteiger partial charge in [-0.25, -0.2) is 0 Å². The van der Waals surface area contributed by atoms with Gasteiger partial charge in [-0.05, 0) is 55.6 Å². The lowest BCUT2D eigenvalue weighted by atomic mass is 9.91. The molecule has 1 atom stereocenters. The molecule has 0 aromatic heterocycles. The summed E-state index contributed by atoms with van der Waals surface area (Å²) in [5, 5.41) is 10.1. The minimum Gasteiger partial charge on any atom is -0.390 e. The molecular weight excluding hydrogens is 346 g/mol. The molecule has 1 unspecified atom stereocenters. The average Bonchev–Trinajstić information content (AvgIpc) is 3.59. The van der Waals surface area contributed by atoms with Crippen LogP contribution in [0, 0.1) is 5.92 Å². The monoisotopic (exact) mass is 379 g/mol. The number of hydrogen-bond donors (Lipinski definition) is 1. The van der Waals surface area contributed by atoms with Crippen LogP contribution in [0.2, 0.25) is 0 Å². The third-order valence-corrected chi connectivity index (χ3v) is 6.29. The van der Waals surface area contributed by atoms with Gasteiger partial charge in [-0.1, -0.05) is 60.7 Å². The van der Waals surface area contributed by atoms with E-state index in [1.807, 2.05) is 0 Å². The molecule has 1 N–H and O–H groups in total. The summed E-state index contributed by atoms with van der Waals surface area (Å²) < 4.78 is 6.04. The second-order valence-electron chi connectivity index (χ2n) is 8.54. The highest BCUT2D eigenvalue weighted by molar-refractivity contribution is 5.17. The van der Waals surface area contributed by atoms with Crippen molar-refractivity contribution in [3.8, 4) is 0 Å². The van der Waals surface area contributed by atoms with E-state index in [4.69, 9.17) is 4.74 Å². The molecule has 4 rings (SSSR count). The maximum atomic E-state index is 10.1. The van der Waals surface area contributed by atoms with E-state index in [1.54, 1.807) is 0 Å². The van der Waals surface area contributed by atoms with Gasteiger partial charge in [0.15, 0.2) is 0 Å². The summed E-state index contributed by atoms with van der Waals surface area (Å²) in [7, 11) is 0. The topological polar surface area (TPSA) is 32.7 Å². The largest absolute Gasteiger partial charge is 0.390 e. The minimum atomic E-state index is -0.245. The van der Waals surface area contributed by atoms with Gasteiger partial charge in [0.05, 0.1) is 18.8 Å². The lowest BCUT2D eigenvalue weighted by Gasteiger charge is -2.37. The standard InChI is InChI=1S/C25H33NO2/c27-25(22-11-12-22)19-28-24-15-13-23(14-16-24)26(17-20-7-3-1-4-8-20)18-21-9-5-2-6-10-21/h1-10,22-25,27H,11-19H2. The average molecular weight is 380 g/mol. The van der Waals surface area contributed by atoms with E-state index in [1.165, 1.54) is 36.8 Å². The fourth-order valence-electron chi connectivity index (χ4n) is 4.38. The molecule has 0 aliphatic heterocycles. The number of rotatable bonds is 9. The Morgan fingerprint density at radius 3 is 1.82 bits per heavy atom. The lowest BCUT2D eigenvalue weighted by Crippen LogP contribution is -2.39. The lowest BCUT2D eigenvalue weighted by molar-refractivity contribution is -0.0409. The van der Waals surface area contributed by atoms with E-state index in [9.17, 15) is 5.11 Å². The highest BCUT2D eigenvalue weighted by Crippen LogP contribution is 2.33. The predicted octanol–water partition coefficient (Wildman–Crippen LogP) is 4.79. The van der Waals surface area contributed by atoms with Gasteiger partial charge in [0.1, 0.15) is 0 Å². The second kappa shape index (κ2) is 9.69. The highest BCUT2D eigenvalue weighted by atomic mass is 16.5. The van der Waals surface area contributed by atoms with Gasteiger partial charge in [-0.15, -0.1) is 0 Å². The third kappa shape index (κ3) is 5.66. The normalized spacial score (nSPS) is 23.6. The summed E-state index contributed by atoms with van der Waals surface area (Å²) in [6.45, 7) is 2.51. The van der Waals surface area contributed by atoms with E-state index in [0.29, 0.717) is 24.7 Å². The van der Waals surface area contributed by atoms with Gasteiger partial charge in [0.2, 0.25) is 0 Å². The van der Waals surface area contributed by atoms with Crippen molar-refractivity contribution < 1.29 is 9.84 Å².